The average molecular weight is 583 g/mol. The van der Waals surface area contributed by atoms with Gasteiger partial charge in [-0.2, -0.15) is 0 Å². The van der Waals surface area contributed by atoms with E-state index in [-0.39, 0.29) is 15.6 Å². The van der Waals surface area contributed by atoms with Crippen molar-refractivity contribution in [2.45, 2.75) is 16.5 Å². The van der Waals surface area contributed by atoms with Crippen molar-refractivity contribution in [3.05, 3.63) is 94.0 Å². The Morgan fingerprint density at radius 2 is 1.49 bits per heavy atom. The maximum Gasteiger partial charge on any atom is 0.262 e. The standard InChI is InChI=1S/C21H22Cl3N3O6S2/c1-3-19(13-5-7-14(22)8-6-13)34(30,31)25-12-18(21(28)26-29)27-35(32,33)20(4-2)16-11-15(23)9-10-17(16)24/h3-11,18-20,25,27,29H,1-2,12H2,(H,26,28). The predicted molar refractivity (Wildman–Crippen MR) is 136 cm³/mol. The van der Waals surface area contributed by atoms with Crippen LogP contribution < -0.4 is 14.9 Å². The lowest BCUT2D eigenvalue weighted by molar-refractivity contribution is -0.130. The number of sulfonamides is 2. The Hall–Kier alpha value is -1.96. The van der Waals surface area contributed by atoms with Gasteiger partial charge in [0.15, 0.2) is 0 Å². The number of hydrogen-bond acceptors (Lipinski definition) is 6. The lowest BCUT2D eigenvalue weighted by Gasteiger charge is -2.23. The lowest BCUT2D eigenvalue weighted by Crippen LogP contribution is -2.53. The van der Waals surface area contributed by atoms with E-state index in [0.29, 0.717) is 10.6 Å². The van der Waals surface area contributed by atoms with Gasteiger partial charge in [-0.3, -0.25) is 10.0 Å². The minimum absolute atomic E-state index is 0.0744. The molecule has 0 aliphatic heterocycles. The Morgan fingerprint density at radius 1 is 0.914 bits per heavy atom. The van der Waals surface area contributed by atoms with Crippen LogP contribution in [0, 0.1) is 0 Å². The van der Waals surface area contributed by atoms with Crippen LogP contribution in [0.25, 0.3) is 0 Å². The quantitative estimate of drug-likeness (QED) is 0.171. The summed E-state index contributed by atoms with van der Waals surface area (Å²) in [5.74, 6) is -1.21. The number of halogens is 3. The molecule has 2 aromatic rings. The molecule has 0 saturated carbocycles. The van der Waals surface area contributed by atoms with Crippen molar-refractivity contribution in [1.29, 1.82) is 0 Å². The second-order valence-corrected chi connectivity index (χ2v) is 12.1. The number of carbonyl (C=O) groups is 1. The van der Waals surface area contributed by atoms with E-state index in [4.69, 9.17) is 40.0 Å². The van der Waals surface area contributed by atoms with Crippen molar-refractivity contribution >= 4 is 60.8 Å². The van der Waals surface area contributed by atoms with Crippen molar-refractivity contribution in [2.24, 2.45) is 0 Å². The van der Waals surface area contributed by atoms with Gasteiger partial charge in [0.25, 0.3) is 5.91 Å². The zero-order chi connectivity index (χ0) is 26.4. The minimum atomic E-state index is -4.42. The van der Waals surface area contributed by atoms with Gasteiger partial charge in [-0.1, -0.05) is 59.1 Å². The first kappa shape index (κ1) is 29.3. The van der Waals surface area contributed by atoms with Gasteiger partial charge in [0, 0.05) is 21.6 Å². The number of hydrogen-bond donors (Lipinski definition) is 4. The molecule has 35 heavy (non-hydrogen) atoms. The second-order valence-electron chi connectivity index (χ2n) is 7.11. The van der Waals surface area contributed by atoms with Gasteiger partial charge in [-0.25, -0.2) is 31.8 Å². The highest BCUT2D eigenvalue weighted by molar-refractivity contribution is 7.90. The van der Waals surface area contributed by atoms with E-state index in [1.165, 1.54) is 47.9 Å². The van der Waals surface area contributed by atoms with E-state index in [2.05, 4.69) is 22.6 Å². The SMILES string of the molecule is C=CC(c1ccc(Cl)cc1)S(=O)(=O)NCC(NS(=O)(=O)C(C=C)c1cc(Cl)ccc1Cl)C(=O)NO. The summed E-state index contributed by atoms with van der Waals surface area (Å²) in [5.41, 5.74) is 1.73. The minimum Gasteiger partial charge on any atom is -0.289 e. The molecule has 3 atom stereocenters. The van der Waals surface area contributed by atoms with Crippen LogP contribution >= 0.6 is 34.8 Å². The molecule has 0 aliphatic carbocycles. The molecule has 9 nitrogen and oxygen atoms in total. The summed E-state index contributed by atoms with van der Waals surface area (Å²) >= 11 is 17.9. The molecule has 0 spiro atoms. The molecule has 14 heteroatoms. The summed E-state index contributed by atoms with van der Waals surface area (Å²) in [7, 11) is -8.61. The first-order valence-corrected chi connectivity index (χ1v) is 14.0. The summed E-state index contributed by atoms with van der Waals surface area (Å²) < 4.78 is 56.2. The molecule has 2 rings (SSSR count). The van der Waals surface area contributed by atoms with E-state index >= 15 is 0 Å². The van der Waals surface area contributed by atoms with Crippen LogP contribution in [0.1, 0.15) is 21.6 Å². The number of amides is 1. The number of benzene rings is 2. The molecular weight excluding hydrogens is 561 g/mol. The summed E-state index contributed by atoms with van der Waals surface area (Å²) in [6, 6.07) is 8.39. The Bertz CT molecular complexity index is 1300. The summed E-state index contributed by atoms with van der Waals surface area (Å²) in [4.78, 5) is 12.2. The third-order valence-corrected chi connectivity index (χ3v) is 9.04. The van der Waals surface area contributed by atoms with Gasteiger partial charge in [-0.05, 0) is 41.5 Å². The van der Waals surface area contributed by atoms with Crippen LogP contribution in [-0.2, 0) is 24.8 Å². The topological polar surface area (TPSA) is 142 Å². The van der Waals surface area contributed by atoms with E-state index in [0.717, 1.165) is 12.2 Å². The van der Waals surface area contributed by atoms with Gasteiger partial charge in [-0.15, -0.1) is 13.2 Å². The van der Waals surface area contributed by atoms with Crippen LogP contribution in [0.3, 0.4) is 0 Å². The Kier molecular flexibility index (Phi) is 10.3. The molecule has 0 radical (unpaired) electrons. The molecule has 0 heterocycles. The normalized spacial score (nSPS) is 14.5. The van der Waals surface area contributed by atoms with Gasteiger partial charge < -0.3 is 0 Å². The lowest BCUT2D eigenvalue weighted by atomic mass is 10.1. The number of hydroxylamine groups is 1. The molecule has 190 valence electrons. The number of carbonyl (C=O) groups excluding carboxylic acids is 1. The zero-order valence-electron chi connectivity index (χ0n) is 18.0. The molecule has 4 N–H and O–H groups in total. The van der Waals surface area contributed by atoms with E-state index in [1.54, 1.807) is 0 Å². The highest BCUT2D eigenvalue weighted by Gasteiger charge is 2.33. The molecule has 0 bridgehead atoms. The average Bonchev–Trinajstić information content (AvgIpc) is 2.80. The van der Waals surface area contributed by atoms with Crippen molar-refractivity contribution in [3.63, 3.8) is 0 Å². The number of nitrogens with one attached hydrogen (secondary N) is 3. The summed E-state index contributed by atoms with van der Waals surface area (Å²) in [5, 5.41) is 7.08. The third kappa shape index (κ3) is 7.51. The van der Waals surface area contributed by atoms with Crippen molar-refractivity contribution in [2.75, 3.05) is 6.54 Å². The van der Waals surface area contributed by atoms with Crippen LogP contribution in [0.4, 0.5) is 0 Å². The highest BCUT2D eigenvalue weighted by Crippen LogP contribution is 2.32. The molecule has 0 aliphatic rings. The number of rotatable bonds is 12. The van der Waals surface area contributed by atoms with E-state index in [1.807, 2.05) is 0 Å². The molecular formula is C21H22Cl3N3O6S2. The summed E-state index contributed by atoms with van der Waals surface area (Å²) in [6.45, 7) is 6.30. The molecule has 3 unspecified atom stereocenters. The van der Waals surface area contributed by atoms with Crippen LogP contribution in [-0.4, -0.2) is 40.5 Å². The smallest absolute Gasteiger partial charge is 0.262 e. The fourth-order valence-corrected chi connectivity index (χ4v) is 6.54. The van der Waals surface area contributed by atoms with Crippen LogP contribution in [0.5, 0.6) is 0 Å². The molecule has 1 amide bonds. The Balaban J connectivity index is 2.30. The third-order valence-electron chi connectivity index (χ3n) is 4.78. The van der Waals surface area contributed by atoms with Gasteiger partial charge in [0.1, 0.15) is 16.5 Å². The van der Waals surface area contributed by atoms with Gasteiger partial charge in [0.05, 0.1) is 0 Å². The van der Waals surface area contributed by atoms with E-state index < -0.39 is 49.0 Å². The maximum atomic E-state index is 13.1. The Labute approximate surface area is 218 Å². The fourth-order valence-electron chi connectivity index (χ4n) is 3.07. The molecule has 0 aromatic heterocycles. The van der Waals surface area contributed by atoms with Crippen molar-refractivity contribution in [1.82, 2.24) is 14.9 Å². The van der Waals surface area contributed by atoms with E-state index in [9.17, 15) is 21.6 Å². The largest absolute Gasteiger partial charge is 0.289 e. The van der Waals surface area contributed by atoms with Crippen molar-refractivity contribution < 1.29 is 26.8 Å². The van der Waals surface area contributed by atoms with Crippen LogP contribution in [0.15, 0.2) is 67.8 Å². The zero-order valence-corrected chi connectivity index (χ0v) is 21.9. The van der Waals surface area contributed by atoms with Gasteiger partial charge >= 0.3 is 0 Å². The fraction of sp³-hybridized carbons (Fsp3) is 0.190. The van der Waals surface area contributed by atoms with Gasteiger partial charge in [0.2, 0.25) is 20.0 Å². The highest BCUT2D eigenvalue weighted by atomic mass is 35.5. The van der Waals surface area contributed by atoms with Crippen molar-refractivity contribution in [3.8, 4) is 0 Å². The Morgan fingerprint density at radius 3 is 2.03 bits per heavy atom. The first-order valence-electron chi connectivity index (χ1n) is 9.75. The predicted octanol–water partition coefficient (Wildman–Crippen LogP) is 3.51. The maximum absolute atomic E-state index is 13.1. The first-order chi connectivity index (χ1) is 16.4. The summed E-state index contributed by atoms with van der Waals surface area (Å²) in [6.07, 6.45) is 2.22. The molecule has 0 saturated heterocycles. The second kappa shape index (κ2) is 12.3. The molecule has 0 fully saturated rings. The monoisotopic (exact) mass is 581 g/mol. The molecule has 2 aromatic carbocycles. The van der Waals surface area contributed by atoms with Crippen LogP contribution in [0.2, 0.25) is 15.1 Å².